The third-order valence-electron chi connectivity index (χ3n) is 4.11. The number of halogens is 3. The molecule has 0 saturated carbocycles. The van der Waals surface area contributed by atoms with Crippen molar-refractivity contribution in [1.82, 2.24) is 9.88 Å². The Morgan fingerprint density at radius 3 is 2.71 bits per heavy atom. The second kappa shape index (κ2) is 6.14. The normalized spacial score (nSPS) is 16.7. The van der Waals surface area contributed by atoms with Crippen LogP contribution >= 0.6 is 0 Å². The van der Waals surface area contributed by atoms with Crippen LogP contribution in [0.15, 0.2) is 47.4 Å². The molecule has 1 unspecified atom stereocenters. The molecule has 1 aromatic heterocycles. The minimum Gasteiger partial charge on any atom is -0.348 e. The summed E-state index contributed by atoms with van der Waals surface area (Å²) in [5, 5.41) is 2.79. The van der Waals surface area contributed by atoms with Gasteiger partial charge in [0.15, 0.2) is 0 Å². The van der Waals surface area contributed by atoms with Crippen LogP contribution in [0.1, 0.15) is 29.2 Å². The van der Waals surface area contributed by atoms with Crippen molar-refractivity contribution in [2.75, 3.05) is 0 Å². The molecule has 1 aliphatic carbocycles. The molecular formula is C17H15F3N2O2. The lowest BCUT2D eigenvalue weighted by Crippen LogP contribution is -2.36. The van der Waals surface area contributed by atoms with Crippen LogP contribution in [-0.4, -0.2) is 10.5 Å². The number of hydrogen-bond donors (Lipinski definition) is 1. The summed E-state index contributed by atoms with van der Waals surface area (Å²) in [5.41, 5.74) is -0.322. The third-order valence-corrected chi connectivity index (χ3v) is 4.11. The van der Waals surface area contributed by atoms with Gasteiger partial charge in [-0.25, -0.2) is 0 Å². The topological polar surface area (TPSA) is 51.1 Å². The van der Waals surface area contributed by atoms with Gasteiger partial charge in [0.05, 0.1) is 6.04 Å². The zero-order valence-electron chi connectivity index (χ0n) is 12.6. The SMILES string of the molecule is O=C(Cn1cccc(C(F)(F)F)c1=O)NC1CCc2ccccc21. The molecule has 3 rings (SSSR count). The van der Waals surface area contributed by atoms with Crippen molar-refractivity contribution in [2.24, 2.45) is 0 Å². The Bertz CT molecular complexity index is 827. The van der Waals surface area contributed by atoms with Gasteiger partial charge in [-0.2, -0.15) is 13.2 Å². The highest BCUT2D eigenvalue weighted by Crippen LogP contribution is 2.30. The quantitative estimate of drug-likeness (QED) is 0.937. The highest BCUT2D eigenvalue weighted by Gasteiger charge is 2.34. The van der Waals surface area contributed by atoms with Gasteiger partial charge in [0.1, 0.15) is 12.1 Å². The van der Waals surface area contributed by atoms with Gasteiger partial charge in [-0.05, 0) is 36.1 Å². The predicted molar refractivity (Wildman–Crippen MR) is 81.4 cm³/mol. The molecule has 4 nitrogen and oxygen atoms in total. The third kappa shape index (κ3) is 3.20. The molecule has 1 heterocycles. The molecule has 7 heteroatoms. The highest BCUT2D eigenvalue weighted by molar-refractivity contribution is 5.76. The van der Waals surface area contributed by atoms with E-state index in [-0.39, 0.29) is 6.04 Å². The van der Waals surface area contributed by atoms with Gasteiger partial charge in [0, 0.05) is 6.20 Å². The Hall–Kier alpha value is -2.57. The van der Waals surface area contributed by atoms with Crippen molar-refractivity contribution >= 4 is 5.91 Å². The first-order valence-corrected chi connectivity index (χ1v) is 7.50. The number of nitrogens with zero attached hydrogens (tertiary/aromatic N) is 1. The van der Waals surface area contributed by atoms with Crippen molar-refractivity contribution in [1.29, 1.82) is 0 Å². The van der Waals surface area contributed by atoms with Crippen molar-refractivity contribution < 1.29 is 18.0 Å². The van der Waals surface area contributed by atoms with E-state index in [0.29, 0.717) is 6.07 Å². The van der Waals surface area contributed by atoms with E-state index < -0.39 is 29.8 Å². The number of alkyl halides is 3. The van der Waals surface area contributed by atoms with Gasteiger partial charge in [-0.3, -0.25) is 9.59 Å². The second-order valence-electron chi connectivity index (χ2n) is 5.71. The summed E-state index contributed by atoms with van der Waals surface area (Å²) >= 11 is 0. The molecular weight excluding hydrogens is 321 g/mol. The largest absolute Gasteiger partial charge is 0.421 e. The van der Waals surface area contributed by atoms with E-state index in [1.165, 1.54) is 6.20 Å². The average molecular weight is 336 g/mol. The summed E-state index contributed by atoms with van der Waals surface area (Å²) in [4.78, 5) is 24.0. The zero-order valence-corrected chi connectivity index (χ0v) is 12.6. The van der Waals surface area contributed by atoms with Gasteiger partial charge in [-0.15, -0.1) is 0 Å². The number of carbonyl (C=O) groups excluding carboxylic acids is 1. The fraction of sp³-hybridized carbons (Fsp3) is 0.294. The first-order chi connectivity index (χ1) is 11.4. The Morgan fingerprint density at radius 1 is 1.21 bits per heavy atom. The predicted octanol–water partition coefficient (Wildman–Crippen LogP) is 2.67. The van der Waals surface area contributed by atoms with Crippen LogP contribution in [0, 0.1) is 0 Å². The standard InChI is InChI=1S/C17H15F3N2O2/c18-17(19,20)13-6-3-9-22(16(13)24)10-15(23)21-14-8-7-11-4-1-2-5-12(11)14/h1-6,9,14H,7-8,10H2,(H,21,23). The minimum absolute atomic E-state index is 0.171. The Balaban J connectivity index is 1.74. The molecule has 1 atom stereocenters. The molecule has 0 spiro atoms. The first kappa shape index (κ1) is 16.3. The number of aromatic nitrogens is 1. The molecule has 0 saturated heterocycles. The average Bonchev–Trinajstić information content (AvgIpc) is 2.91. The number of aryl methyl sites for hydroxylation is 1. The molecule has 1 aliphatic rings. The lowest BCUT2D eigenvalue weighted by atomic mass is 10.1. The molecule has 1 N–H and O–H groups in total. The van der Waals surface area contributed by atoms with E-state index >= 15 is 0 Å². The number of fused-ring (bicyclic) bond motifs is 1. The van der Waals surface area contributed by atoms with Crippen LogP contribution in [0.4, 0.5) is 13.2 Å². The van der Waals surface area contributed by atoms with Gasteiger partial charge >= 0.3 is 6.18 Å². The summed E-state index contributed by atoms with van der Waals surface area (Å²) in [7, 11) is 0. The summed E-state index contributed by atoms with van der Waals surface area (Å²) in [6.45, 7) is -0.443. The number of amides is 1. The van der Waals surface area contributed by atoms with Crippen LogP contribution < -0.4 is 10.9 Å². The van der Waals surface area contributed by atoms with Crippen molar-refractivity contribution in [3.63, 3.8) is 0 Å². The number of hydrogen-bond acceptors (Lipinski definition) is 2. The first-order valence-electron chi connectivity index (χ1n) is 7.50. The van der Waals surface area contributed by atoms with Crippen molar-refractivity contribution in [2.45, 2.75) is 31.6 Å². The van der Waals surface area contributed by atoms with Crippen LogP contribution in [-0.2, 0) is 23.9 Å². The molecule has 1 aromatic carbocycles. The van der Waals surface area contributed by atoms with E-state index in [4.69, 9.17) is 0 Å². The minimum atomic E-state index is -4.74. The lowest BCUT2D eigenvalue weighted by molar-refractivity contribution is -0.139. The number of nitrogens with one attached hydrogen (secondary N) is 1. The number of carbonyl (C=O) groups is 1. The molecule has 0 radical (unpaired) electrons. The van der Waals surface area contributed by atoms with Crippen LogP contribution in [0.25, 0.3) is 0 Å². The van der Waals surface area contributed by atoms with Crippen LogP contribution in [0.2, 0.25) is 0 Å². The van der Waals surface area contributed by atoms with Gasteiger partial charge < -0.3 is 9.88 Å². The molecule has 0 bridgehead atoms. The highest BCUT2D eigenvalue weighted by atomic mass is 19.4. The number of rotatable bonds is 3. The van der Waals surface area contributed by atoms with Crippen molar-refractivity contribution in [3.05, 3.63) is 69.6 Å². The summed E-state index contributed by atoms with van der Waals surface area (Å²) < 4.78 is 39.0. The fourth-order valence-corrected chi connectivity index (χ4v) is 2.98. The van der Waals surface area contributed by atoms with Crippen molar-refractivity contribution in [3.8, 4) is 0 Å². The maximum atomic E-state index is 12.7. The number of pyridine rings is 1. The van der Waals surface area contributed by atoms with E-state index in [0.717, 1.165) is 34.6 Å². The monoisotopic (exact) mass is 336 g/mol. The maximum Gasteiger partial charge on any atom is 0.421 e. The van der Waals surface area contributed by atoms with E-state index in [2.05, 4.69) is 5.32 Å². The Kier molecular flexibility index (Phi) is 4.17. The molecule has 0 fully saturated rings. The van der Waals surface area contributed by atoms with Gasteiger partial charge in [-0.1, -0.05) is 24.3 Å². The van der Waals surface area contributed by atoms with E-state index in [1.807, 2.05) is 24.3 Å². The summed E-state index contributed by atoms with van der Waals surface area (Å²) in [6, 6.07) is 9.36. The van der Waals surface area contributed by atoms with Gasteiger partial charge in [0.25, 0.3) is 5.56 Å². The van der Waals surface area contributed by atoms with E-state index in [1.54, 1.807) is 0 Å². The molecule has 126 valence electrons. The molecule has 2 aromatic rings. The summed E-state index contributed by atoms with van der Waals surface area (Å²) in [5.74, 6) is -0.488. The van der Waals surface area contributed by atoms with Crippen LogP contribution in [0.5, 0.6) is 0 Å². The summed E-state index contributed by atoms with van der Waals surface area (Å²) in [6.07, 6.45) is -1.98. The fourth-order valence-electron chi connectivity index (χ4n) is 2.98. The maximum absolute atomic E-state index is 12.7. The number of benzene rings is 1. The Labute approximate surface area is 135 Å². The smallest absolute Gasteiger partial charge is 0.348 e. The molecule has 24 heavy (non-hydrogen) atoms. The molecule has 1 amide bonds. The Morgan fingerprint density at radius 2 is 1.96 bits per heavy atom. The zero-order chi connectivity index (χ0) is 17.3. The molecule has 0 aliphatic heterocycles. The van der Waals surface area contributed by atoms with Crippen LogP contribution in [0.3, 0.4) is 0 Å². The van der Waals surface area contributed by atoms with E-state index in [9.17, 15) is 22.8 Å². The van der Waals surface area contributed by atoms with Gasteiger partial charge in [0.2, 0.25) is 5.91 Å². The second-order valence-corrected chi connectivity index (χ2v) is 5.71. The lowest BCUT2D eigenvalue weighted by Gasteiger charge is -2.15.